The molecule has 1 heterocycles. The van der Waals surface area contributed by atoms with E-state index in [1.807, 2.05) is 0 Å². The van der Waals surface area contributed by atoms with Crippen LogP contribution in [0.1, 0.15) is 33.6 Å². The minimum absolute atomic E-state index is 0.0786. The van der Waals surface area contributed by atoms with Crippen LogP contribution in [0, 0.1) is 11.8 Å². The van der Waals surface area contributed by atoms with Crippen LogP contribution in [-0.2, 0) is 9.53 Å². The summed E-state index contributed by atoms with van der Waals surface area (Å²) >= 11 is 0. The molecule has 0 saturated carbocycles. The Balaban J connectivity index is 2.57. The number of carbonyl (C=O) groups excluding carboxylic acids is 1. The number of ether oxygens (including phenoxy) is 1. The minimum Gasteiger partial charge on any atom is -0.379 e. The summed E-state index contributed by atoms with van der Waals surface area (Å²) in [5, 5.41) is 3.33. The summed E-state index contributed by atoms with van der Waals surface area (Å²) in [4.78, 5) is 12.2. The first-order valence-electron chi connectivity index (χ1n) is 6.09. The average Bonchev–Trinajstić information content (AvgIpc) is 2.68. The van der Waals surface area contributed by atoms with E-state index in [2.05, 4.69) is 26.1 Å². The maximum Gasteiger partial charge on any atom is 0.142 e. The molecule has 1 N–H and O–H groups in total. The predicted molar refractivity (Wildman–Crippen MR) is 60.9 cm³/mol. The van der Waals surface area contributed by atoms with Crippen LogP contribution in [0.5, 0.6) is 0 Å². The van der Waals surface area contributed by atoms with E-state index in [4.69, 9.17) is 4.74 Å². The first-order valence-corrected chi connectivity index (χ1v) is 6.09. The van der Waals surface area contributed by atoms with Gasteiger partial charge in [0, 0.05) is 12.0 Å². The van der Waals surface area contributed by atoms with Gasteiger partial charge in [0.05, 0.1) is 19.1 Å². The second-order valence-electron chi connectivity index (χ2n) is 4.22. The summed E-state index contributed by atoms with van der Waals surface area (Å²) in [5.41, 5.74) is 0. The standard InChI is InChI=1S/C12H23NO2/c1-4-9(5-2)12(14)10-7-15-8-11(10)13-6-3/h9-11,13H,4-8H2,1-3H3. The average molecular weight is 213 g/mol. The quantitative estimate of drug-likeness (QED) is 0.728. The van der Waals surface area contributed by atoms with Crippen molar-refractivity contribution in [3.8, 4) is 0 Å². The molecule has 0 aromatic rings. The van der Waals surface area contributed by atoms with E-state index < -0.39 is 0 Å². The molecule has 1 saturated heterocycles. The predicted octanol–water partition coefficient (Wildman–Crippen LogP) is 1.62. The van der Waals surface area contributed by atoms with Crippen LogP contribution in [0.2, 0.25) is 0 Å². The Morgan fingerprint density at radius 2 is 2.00 bits per heavy atom. The van der Waals surface area contributed by atoms with Gasteiger partial charge in [0.15, 0.2) is 0 Å². The van der Waals surface area contributed by atoms with Crippen LogP contribution in [-0.4, -0.2) is 31.6 Å². The second-order valence-corrected chi connectivity index (χ2v) is 4.22. The first kappa shape index (κ1) is 12.7. The number of hydrogen-bond acceptors (Lipinski definition) is 3. The van der Waals surface area contributed by atoms with E-state index >= 15 is 0 Å². The maximum absolute atomic E-state index is 12.2. The Morgan fingerprint density at radius 3 is 2.53 bits per heavy atom. The Hall–Kier alpha value is -0.410. The number of likely N-dealkylation sites (N-methyl/N-ethyl adjacent to an activating group) is 1. The van der Waals surface area contributed by atoms with Gasteiger partial charge in [-0.1, -0.05) is 20.8 Å². The molecule has 1 aliphatic heterocycles. The summed E-state index contributed by atoms with van der Waals surface area (Å²) in [7, 11) is 0. The number of Topliss-reactive ketones (excluding diaryl/α,β-unsaturated/α-hetero) is 1. The third-order valence-electron chi connectivity index (χ3n) is 3.30. The molecule has 0 aliphatic carbocycles. The molecule has 15 heavy (non-hydrogen) atoms. The van der Waals surface area contributed by atoms with Crippen LogP contribution in [0.25, 0.3) is 0 Å². The van der Waals surface area contributed by atoms with Crippen molar-refractivity contribution in [1.82, 2.24) is 5.32 Å². The second kappa shape index (κ2) is 6.23. The number of nitrogens with one attached hydrogen (secondary N) is 1. The molecule has 0 bridgehead atoms. The third-order valence-corrected chi connectivity index (χ3v) is 3.30. The molecule has 88 valence electrons. The summed E-state index contributed by atoms with van der Waals surface area (Å²) < 4.78 is 5.40. The molecule has 0 aromatic carbocycles. The highest BCUT2D eigenvalue weighted by Crippen LogP contribution is 2.22. The van der Waals surface area contributed by atoms with Gasteiger partial charge in [-0.2, -0.15) is 0 Å². The first-order chi connectivity index (χ1) is 7.24. The van der Waals surface area contributed by atoms with Crippen LogP contribution in [0.15, 0.2) is 0 Å². The lowest BCUT2D eigenvalue weighted by molar-refractivity contribution is -0.127. The molecule has 3 heteroatoms. The summed E-state index contributed by atoms with van der Waals surface area (Å²) in [6.07, 6.45) is 1.90. The molecule has 1 fully saturated rings. The van der Waals surface area contributed by atoms with E-state index in [-0.39, 0.29) is 17.9 Å². The van der Waals surface area contributed by atoms with Crippen molar-refractivity contribution in [3.63, 3.8) is 0 Å². The van der Waals surface area contributed by atoms with E-state index in [0.29, 0.717) is 19.0 Å². The maximum atomic E-state index is 12.2. The number of ketones is 1. The Morgan fingerprint density at radius 1 is 1.33 bits per heavy atom. The van der Waals surface area contributed by atoms with Gasteiger partial charge >= 0.3 is 0 Å². The zero-order chi connectivity index (χ0) is 11.3. The van der Waals surface area contributed by atoms with Gasteiger partial charge in [-0.25, -0.2) is 0 Å². The molecule has 0 radical (unpaired) electrons. The Kier molecular flexibility index (Phi) is 5.26. The smallest absolute Gasteiger partial charge is 0.142 e. The van der Waals surface area contributed by atoms with Gasteiger partial charge in [0.25, 0.3) is 0 Å². The lowest BCUT2D eigenvalue weighted by Gasteiger charge is -2.21. The van der Waals surface area contributed by atoms with E-state index in [1.54, 1.807) is 0 Å². The summed E-state index contributed by atoms with van der Waals surface area (Å²) in [6.45, 7) is 8.43. The van der Waals surface area contributed by atoms with E-state index in [9.17, 15) is 4.79 Å². The Bertz CT molecular complexity index is 202. The van der Waals surface area contributed by atoms with Crippen molar-refractivity contribution >= 4 is 5.78 Å². The van der Waals surface area contributed by atoms with Crippen LogP contribution >= 0.6 is 0 Å². The normalized spacial score (nSPS) is 26.1. The fourth-order valence-electron chi connectivity index (χ4n) is 2.29. The molecule has 3 nitrogen and oxygen atoms in total. The van der Waals surface area contributed by atoms with Gasteiger partial charge < -0.3 is 10.1 Å². The van der Waals surface area contributed by atoms with Crippen LogP contribution < -0.4 is 5.32 Å². The molecule has 1 aliphatic rings. The van der Waals surface area contributed by atoms with Gasteiger partial charge in [0.2, 0.25) is 0 Å². The van der Waals surface area contributed by atoms with E-state index in [1.165, 1.54) is 0 Å². The molecular formula is C12H23NO2. The van der Waals surface area contributed by atoms with E-state index in [0.717, 1.165) is 19.4 Å². The van der Waals surface area contributed by atoms with Gasteiger partial charge in [-0.15, -0.1) is 0 Å². The SMILES string of the molecule is CCNC1COCC1C(=O)C(CC)CC. The number of rotatable bonds is 6. The monoisotopic (exact) mass is 213 g/mol. The molecule has 2 atom stereocenters. The minimum atomic E-state index is 0.0786. The highest BCUT2D eigenvalue weighted by molar-refractivity contribution is 5.84. The fraction of sp³-hybridized carbons (Fsp3) is 0.917. The molecule has 1 rings (SSSR count). The van der Waals surface area contributed by atoms with Crippen molar-refractivity contribution < 1.29 is 9.53 Å². The molecular weight excluding hydrogens is 190 g/mol. The highest BCUT2D eigenvalue weighted by atomic mass is 16.5. The van der Waals surface area contributed by atoms with Crippen LogP contribution in [0.4, 0.5) is 0 Å². The lowest BCUT2D eigenvalue weighted by atomic mass is 9.86. The van der Waals surface area contributed by atoms with Crippen LogP contribution in [0.3, 0.4) is 0 Å². The lowest BCUT2D eigenvalue weighted by Crippen LogP contribution is -2.41. The van der Waals surface area contributed by atoms with Crippen molar-refractivity contribution in [2.45, 2.75) is 39.7 Å². The Labute approximate surface area is 92.6 Å². The van der Waals surface area contributed by atoms with Gasteiger partial charge in [0.1, 0.15) is 5.78 Å². The number of hydrogen-bond donors (Lipinski definition) is 1. The van der Waals surface area contributed by atoms with Gasteiger partial charge in [-0.05, 0) is 19.4 Å². The van der Waals surface area contributed by atoms with Crippen molar-refractivity contribution in [2.75, 3.05) is 19.8 Å². The largest absolute Gasteiger partial charge is 0.379 e. The van der Waals surface area contributed by atoms with Gasteiger partial charge in [-0.3, -0.25) is 4.79 Å². The fourth-order valence-corrected chi connectivity index (χ4v) is 2.29. The number of carbonyl (C=O) groups is 1. The third kappa shape index (κ3) is 3.02. The zero-order valence-electron chi connectivity index (χ0n) is 10.1. The highest BCUT2D eigenvalue weighted by Gasteiger charge is 2.35. The molecule has 2 unspecified atom stereocenters. The summed E-state index contributed by atoms with van der Waals surface area (Å²) in [6, 6.07) is 0.239. The van der Waals surface area contributed by atoms with Crippen molar-refractivity contribution in [3.05, 3.63) is 0 Å². The zero-order valence-corrected chi connectivity index (χ0v) is 10.1. The topological polar surface area (TPSA) is 38.3 Å². The molecule has 0 aromatic heterocycles. The van der Waals surface area contributed by atoms with Crippen molar-refractivity contribution in [1.29, 1.82) is 0 Å². The van der Waals surface area contributed by atoms with Crippen molar-refractivity contribution in [2.24, 2.45) is 11.8 Å². The molecule has 0 spiro atoms. The summed E-state index contributed by atoms with van der Waals surface area (Å²) in [5.74, 6) is 0.691. The molecule has 0 amide bonds.